The molecule has 6 saturated heterocycles. The summed E-state index contributed by atoms with van der Waals surface area (Å²) in [5.41, 5.74) is -2.62. The van der Waals surface area contributed by atoms with E-state index in [0.717, 1.165) is 57.8 Å². The molecule has 58 heavy (non-hydrogen) atoms. The van der Waals surface area contributed by atoms with Crippen molar-refractivity contribution in [2.24, 2.45) is 0 Å². The maximum atomic E-state index is 13.2. The fourth-order valence-corrected chi connectivity index (χ4v) is 8.75. The van der Waals surface area contributed by atoms with Crippen LogP contribution >= 0.6 is 0 Å². The number of rotatable bonds is 6. The van der Waals surface area contributed by atoms with E-state index in [4.69, 9.17) is 37.9 Å². The van der Waals surface area contributed by atoms with Crippen LogP contribution in [-0.4, -0.2) is 180 Å². The van der Waals surface area contributed by atoms with Crippen molar-refractivity contribution >= 4 is 5.97 Å². The van der Waals surface area contributed by atoms with Gasteiger partial charge in [-0.15, -0.1) is 0 Å². The van der Waals surface area contributed by atoms with Crippen LogP contribution in [-0.2, 0) is 42.7 Å². The SMILES string of the molecule is CCCCCC1CCCCCCCCCC(=O)OC2C(O)C(O)C(C)OC2C2(O)C(C)OC(OC3C(O1)OC(C)C(O)C3O)C(OC1OC(C)C(O)C(O)C1O)C2O. The van der Waals surface area contributed by atoms with Gasteiger partial charge in [0.2, 0.25) is 0 Å². The van der Waals surface area contributed by atoms with E-state index in [1.54, 1.807) is 6.92 Å². The summed E-state index contributed by atoms with van der Waals surface area (Å²) in [7, 11) is 0. The van der Waals surface area contributed by atoms with Crippen LogP contribution in [0.5, 0.6) is 0 Å². The third kappa shape index (κ3) is 10.7. The first kappa shape index (κ1) is 47.9. The number of fused-ring (bicyclic) bond motifs is 14. The Morgan fingerprint density at radius 1 is 0.621 bits per heavy atom. The van der Waals surface area contributed by atoms with Crippen LogP contribution in [0, 0.1) is 0 Å². The van der Waals surface area contributed by atoms with Gasteiger partial charge in [-0.25, -0.2) is 0 Å². The minimum Gasteiger partial charge on any atom is -0.457 e. The molecule has 2 bridgehead atoms. The Labute approximate surface area is 340 Å². The van der Waals surface area contributed by atoms with Crippen molar-refractivity contribution in [3.05, 3.63) is 0 Å². The first-order valence-electron chi connectivity index (χ1n) is 21.5. The summed E-state index contributed by atoms with van der Waals surface area (Å²) >= 11 is 0. The molecule has 338 valence electrons. The predicted octanol–water partition coefficient (Wildman–Crippen LogP) is -0.201. The van der Waals surface area contributed by atoms with Crippen LogP contribution < -0.4 is 0 Å². The van der Waals surface area contributed by atoms with E-state index in [2.05, 4.69) is 6.92 Å². The van der Waals surface area contributed by atoms with E-state index in [0.29, 0.717) is 19.3 Å². The molecule has 0 saturated carbocycles. The third-order valence-corrected chi connectivity index (χ3v) is 12.6. The van der Waals surface area contributed by atoms with Gasteiger partial charge >= 0.3 is 5.97 Å². The first-order valence-corrected chi connectivity index (χ1v) is 21.5. The standard InChI is InChI=1S/C40H70O18/c1-6-7-13-16-23-17-14-11-9-8-10-12-15-18-24(41)56-32-29(46)26(43)19(2)51-36(32)40(50)22(5)54-39(57-33-30(47)27(44)21(4)53-38(33)55-23)34(35(40)49)58-37-31(48)28(45)25(42)20(3)52-37/h19-23,25-39,42-50H,6-18H2,1-5H3. The number of carbonyl (C=O) groups is 1. The number of unbranched alkanes of at least 4 members (excludes halogenated alkanes) is 2. The second-order valence-electron chi connectivity index (χ2n) is 17.0. The molecule has 0 aromatic heterocycles. The Balaban J connectivity index is 1.55. The van der Waals surface area contributed by atoms with Gasteiger partial charge in [0.1, 0.15) is 72.7 Å². The van der Waals surface area contributed by atoms with Gasteiger partial charge in [-0.2, -0.15) is 0 Å². The molecule has 6 aliphatic rings. The van der Waals surface area contributed by atoms with Crippen LogP contribution in [0.25, 0.3) is 0 Å². The van der Waals surface area contributed by atoms with E-state index in [1.807, 2.05) is 0 Å². The van der Waals surface area contributed by atoms with E-state index in [-0.39, 0.29) is 12.5 Å². The number of hydrogen-bond acceptors (Lipinski definition) is 18. The van der Waals surface area contributed by atoms with Crippen LogP contribution in [0.3, 0.4) is 0 Å². The molecule has 6 heterocycles. The molecule has 0 aromatic carbocycles. The quantitative estimate of drug-likeness (QED) is 0.124. The summed E-state index contributed by atoms with van der Waals surface area (Å²) in [6, 6.07) is 0. The van der Waals surface area contributed by atoms with Gasteiger partial charge in [0.25, 0.3) is 0 Å². The molecule has 6 aliphatic heterocycles. The molecular formula is C40H70O18. The largest absolute Gasteiger partial charge is 0.457 e. The molecule has 0 aromatic rings. The van der Waals surface area contributed by atoms with E-state index >= 15 is 0 Å². The molecule has 0 spiro atoms. The van der Waals surface area contributed by atoms with Crippen molar-refractivity contribution in [3.63, 3.8) is 0 Å². The number of aliphatic hydroxyl groups is 9. The molecule has 0 radical (unpaired) electrons. The van der Waals surface area contributed by atoms with Gasteiger partial charge in [0.05, 0.1) is 30.5 Å². The maximum absolute atomic E-state index is 13.2. The minimum atomic E-state index is -2.62. The molecule has 0 amide bonds. The summed E-state index contributed by atoms with van der Waals surface area (Å²) in [6.45, 7) is 7.87. The van der Waals surface area contributed by atoms with E-state index < -0.39 is 128 Å². The lowest BCUT2D eigenvalue weighted by molar-refractivity contribution is -0.415. The van der Waals surface area contributed by atoms with Crippen LogP contribution in [0.15, 0.2) is 0 Å². The van der Waals surface area contributed by atoms with Gasteiger partial charge in [-0.3, -0.25) is 4.79 Å². The Morgan fingerprint density at radius 2 is 1.21 bits per heavy atom. The molecule has 21 unspecified atom stereocenters. The molecule has 21 atom stereocenters. The Bertz CT molecular complexity index is 1260. The smallest absolute Gasteiger partial charge is 0.306 e. The highest BCUT2D eigenvalue weighted by atomic mass is 16.8. The number of hydrogen-bond donors (Lipinski definition) is 9. The van der Waals surface area contributed by atoms with Crippen LogP contribution in [0.1, 0.15) is 118 Å². The van der Waals surface area contributed by atoms with Crippen molar-refractivity contribution in [1.29, 1.82) is 0 Å². The second kappa shape index (κ2) is 21.3. The minimum absolute atomic E-state index is 0.0201. The topological polar surface area (TPSA) is 273 Å². The fraction of sp³-hybridized carbons (Fsp3) is 0.975. The predicted molar refractivity (Wildman–Crippen MR) is 201 cm³/mol. The molecular weight excluding hydrogens is 768 g/mol. The normalized spacial score (nSPS) is 49.4. The van der Waals surface area contributed by atoms with Crippen LogP contribution in [0.2, 0.25) is 0 Å². The van der Waals surface area contributed by atoms with Crippen molar-refractivity contribution in [1.82, 2.24) is 0 Å². The summed E-state index contributed by atoms with van der Waals surface area (Å²) < 4.78 is 48.9. The Hall–Kier alpha value is -1.17. The van der Waals surface area contributed by atoms with E-state index in [9.17, 15) is 50.8 Å². The van der Waals surface area contributed by atoms with Crippen molar-refractivity contribution in [2.75, 3.05) is 0 Å². The number of esters is 1. The van der Waals surface area contributed by atoms with Gasteiger partial charge in [-0.1, -0.05) is 64.7 Å². The number of ether oxygens (including phenoxy) is 8. The highest BCUT2D eigenvalue weighted by molar-refractivity contribution is 5.69. The monoisotopic (exact) mass is 838 g/mol. The lowest BCUT2D eigenvalue weighted by Gasteiger charge is -2.56. The maximum Gasteiger partial charge on any atom is 0.306 e. The third-order valence-electron chi connectivity index (χ3n) is 12.6. The van der Waals surface area contributed by atoms with Gasteiger partial charge in [-0.05, 0) is 47.0 Å². The first-order chi connectivity index (χ1) is 27.5. The molecule has 18 heteroatoms. The van der Waals surface area contributed by atoms with Crippen molar-refractivity contribution < 1.29 is 88.6 Å². The lowest BCUT2D eigenvalue weighted by atomic mass is 9.75. The van der Waals surface area contributed by atoms with E-state index in [1.165, 1.54) is 20.8 Å². The van der Waals surface area contributed by atoms with Crippen molar-refractivity contribution in [2.45, 2.75) is 246 Å². The lowest BCUT2D eigenvalue weighted by Crippen LogP contribution is -2.77. The second-order valence-corrected chi connectivity index (χ2v) is 17.0. The fourth-order valence-electron chi connectivity index (χ4n) is 8.75. The Morgan fingerprint density at radius 3 is 1.88 bits per heavy atom. The molecule has 6 rings (SSSR count). The zero-order chi connectivity index (χ0) is 42.5. The molecule has 18 nitrogen and oxygen atoms in total. The molecule has 0 aliphatic carbocycles. The zero-order valence-electron chi connectivity index (χ0n) is 34.4. The summed E-state index contributed by atoms with van der Waals surface area (Å²) in [4.78, 5) is 13.2. The average Bonchev–Trinajstić information content (AvgIpc) is 3.19. The summed E-state index contributed by atoms with van der Waals surface area (Å²) in [6.07, 6.45) is -20.2. The average molecular weight is 839 g/mol. The number of carbonyl (C=O) groups excluding carboxylic acids is 1. The Kier molecular flexibility index (Phi) is 17.6. The number of aliphatic hydroxyl groups excluding tert-OH is 8. The molecule has 9 N–H and O–H groups in total. The van der Waals surface area contributed by atoms with Crippen LogP contribution in [0.4, 0.5) is 0 Å². The van der Waals surface area contributed by atoms with Crippen molar-refractivity contribution in [3.8, 4) is 0 Å². The summed E-state index contributed by atoms with van der Waals surface area (Å²) in [5, 5.41) is 102. The highest BCUT2D eigenvalue weighted by Crippen LogP contribution is 2.43. The highest BCUT2D eigenvalue weighted by Gasteiger charge is 2.66. The summed E-state index contributed by atoms with van der Waals surface area (Å²) in [5.74, 6) is -0.725. The van der Waals surface area contributed by atoms with Gasteiger partial charge < -0.3 is 83.9 Å². The van der Waals surface area contributed by atoms with Gasteiger partial charge in [0.15, 0.2) is 25.0 Å². The van der Waals surface area contributed by atoms with Gasteiger partial charge in [0, 0.05) is 6.42 Å². The zero-order valence-corrected chi connectivity index (χ0v) is 34.4. The molecule has 6 fully saturated rings.